The minimum absolute atomic E-state index is 0.0978. The third-order valence-corrected chi connectivity index (χ3v) is 16.9. The molecule has 0 saturated heterocycles. The summed E-state index contributed by atoms with van der Waals surface area (Å²) in [6, 6.07) is 0. The fourth-order valence-corrected chi connectivity index (χ4v) is 11.0. The molecular weight excluding hydrogens is 1220 g/mol. The number of unbranched alkanes of at least 4 members (excludes halogenated alkanes) is 27. The van der Waals surface area contributed by atoms with Crippen LogP contribution in [0.15, 0.2) is 109 Å². The van der Waals surface area contributed by atoms with Crippen LogP contribution in [0.5, 0.6) is 0 Å². The van der Waals surface area contributed by atoms with Gasteiger partial charge in [-0.25, -0.2) is 9.13 Å². The number of carbonyl (C=O) groups is 3. The van der Waals surface area contributed by atoms with Crippen molar-refractivity contribution >= 4 is 33.6 Å². The monoisotopic (exact) mass is 1350 g/mol. The summed E-state index contributed by atoms with van der Waals surface area (Å²) >= 11 is 0. The molecule has 0 spiro atoms. The van der Waals surface area contributed by atoms with Gasteiger partial charge >= 0.3 is 33.6 Å². The van der Waals surface area contributed by atoms with Crippen molar-refractivity contribution in [2.24, 2.45) is 0 Å². The Kier molecular flexibility index (Phi) is 65.4. The number of carbonyl (C=O) groups excluding carboxylic acids is 3. The molecular formula is C75H130O16P2. The zero-order chi connectivity index (χ0) is 68.1. The van der Waals surface area contributed by atoms with E-state index >= 15 is 0 Å². The van der Waals surface area contributed by atoms with Crippen LogP contribution >= 0.6 is 15.6 Å². The van der Waals surface area contributed by atoms with Crippen LogP contribution < -0.4 is 0 Å². The Bertz CT molecular complexity index is 2130. The van der Waals surface area contributed by atoms with Crippen LogP contribution in [0.2, 0.25) is 0 Å². The second kappa shape index (κ2) is 68.2. The topological polar surface area (TPSA) is 231 Å². The highest BCUT2D eigenvalue weighted by Gasteiger charge is 2.29. The van der Waals surface area contributed by atoms with Gasteiger partial charge in [0.15, 0.2) is 6.10 Å². The van der Waals surface area contributed by atoms with Crippen molar-refractivity contribution in [1.29, 1.82) is 0 Å². The Morgan fingerprint density at radius 1 is 0.312 bits per heavy atom. The van der Waals surface area contributed by atoms with Crippen molar-refractivity contribution in [2.45, 2.75) is 309 Å². The molecule has 18 heteroatoms. The predicted molar refractivity (Wildman–Crippen MR) is 380 cm³/mol. The molecule has 0 radical (unpaired) electrons. The molecule has 0 aromatic heterocycles. The van der Waals surface area contributed by atoms with E-state index in [4.69, 9.17) is 32.3 Å². The molecule has 0 aliphatic rings. The molecule has 0 saturated carbocycles. The van der Waals surface area contributed by atoms with Gasteiger partial charge in [0.1, 0.15) is 25.4 Å². The maximum Gasteiger partial charge on any atom is 0.472 e. The number of rotatable bonds is 68. The minimum atomic E-state index is -4.93. The van der Waals surface area contributed by atoms with Crippen LogP contribution in [0.1, 0.15) is 290 Å². The van der Waals surface area contributed by atoms with Crippen LogP contribution in [0, 0.1) is 0 Å². The number of hydrogen-bond acceptors (Lipinski definition) is 14. The summed E-state index contributed by atoms with van der Waals surface area (Å²) in [6.07, 6.45) is 77.2. The van der Waals surface area contributed by atoms with Gasteiger partial charge in [-0.2, -0.15) is 0 Å². The average Bonchev–Trinajstić information content (AvgIpc) is 3.68. The van der Waals surface area contributed by atoms with Crippen LogP contribution in [0.3, 0.4) is 0 Å². The summed E-state index contributed by atoms with van der Waals surface area (Å²) in [5.41, 5.74) is 0. The zero-order valence-corrected chi connectivity index (χ0v) is 59.9. The molecule has 0 aliphatic heterocycles. The maximum absolute atomic E-state index is 12.9. The Hall–Kier alpha value is -3.79. The van der Waals surface area contributed by atoms with Crippen LogP contribution in [0.25, 0.3) is 0 Å². The summed E-state index contributed by atoms with van der Waals surface area (Å²) in [5, 5.41) is 20.6. The second-order valence-corrected chi connectivity index (χ2v) is 26.9. The number of aliphatic hydroxyl groups is 2. The highest BCUT2D eigenvalue weighted by molar-refractivity contribution is 7.47. The third-order valence-electron chi connectivity index (χ3n) is 15.0. The molecule has 0 amide bonds. The average molecular weight is 1350 g/mol. The highest BCUT2D eigenvalue weighted by atomic mass is 31.2. The fraction of sp³-hybridized carbons (Fsp3) is 0.720. The summed E-state index contributed by atoms with van der Waals surface area (Å²) in [7, 11) is -9.78. The van der Waals surface area contributed by atoms with Gasteiger partial charge in [-0.1, -0.05) is 271 Å². The number of hydrogen-bond donors (Lipinski definition) is 4. The van der Waals surface area contributed by atoms with Gasteiger partial charge in [-0.15, -0.1) is 0 Å². The molecule has 0 bridgehead atoms. The van der Waals surface area contributed by atoms with Gasteiger partial charge in [0.25, 0.3) is 0 Å². The molecule has 16 nitrogen and oxygen atoms in total. The molecule has 4 N–H and O–H groups in total. The van der Waals surface area contributed by atoms with E-state index in [1.165, 1.54) is 109 Å². The van der Waals surface area contributed by atoms with Gasteiger partial charge < -0.3 is 34.2 Å². The first kappa shape index (κ1) is 89.2. The first-order valence-corrected chi connectivity index (χ1v) is 39.2. The third kappa shape index (κ3) is 69.4. The summed E-state index contributed by atoms with van der Waals surface area (Å²) in [4.78, 5) is 58.4. The van der Waals surface area contributed by atoms with E-state index in [2.05, 4.69) is 130 Å². The van der Waals surface area contributed by atoms with Crippen molar-refractivity contribution in [3.8, 4) is 0 Å². The molecule has 5 unspecified atom stereocenters. The zero-order valence-electron chi connectivity index (χ0n) is 58.1. The van der Waals surface area contributed by atoms with Gasteiger partial charge in [-0.3, -0.25) is 32.5 Å². The lowest BCUT2D eigenvalue weighted by Gasteiger charge is -2.21. The van der Waals surface area contributed by atoms with Gasteiger partial charge in [0.05, 0.1) is 26.4 Å². The molecule has 93 heavy (non-hydrogen) atoms. The molecule has 0 aromatic carbocycles. The normalized spacial score (nSPS) is 14.8. The van der Waals surface area contributed by atoms with E-state index < -0.39 is 91.5 Å². The van der Waals surface area contributed by atoms with Crippen LogP contribution in [-0.2, 0) is 55.8 Å². The molecule has 0 heterocycles. The van der Waals surface area contributed by atoms with Gasteiger partial charge in [0, 0.05) is 19.3 Å². The Morgan fingerprint density at radius 2 is 0.570 bits per heavy atom. The quantitative estimate of drug-likeness (QED) is 0.0146. The van der Waals surface area contributed by atoms with Crippen molar-refractivity contribution in [3.05, 3.63) is 109 Å². The Morgan fingerprint density at radius 3 is 0.935 bits per heavy atom. The predicted octanol–water partition coefficient (Wildman–Crippen LogP) is 20.4. The van der Waals surface area contributed by atoms with E-state index in [0.29, 0.717) is 19.3 Å². The lowest BCUT2D eigenvalue weighted by Crippen LogP contribution is -2.30. The van der Waals surface area contributed by atoms with Crippen LogP contribution in [-0.4, -0.2) is 95.9 Å². The molecule has 0 aromatic rings. The van der Waals surface area contributed by atoms with E-state index in [1.807, 2.05) is 0 Å². The number of phosphoric acid groups is 2. The standard InChI is InChI=1S/C75H130O16P2/c1-4-7-10-13-16-19-22-24-26-28-30-31-32-33-34-35-36-37-39-41-42-44-47-49-52-55-58-61-73(78)85-64-70(76)65-87-92(81,82)88-66-71(77)67-89-93(83,84)90-69-72(91-75(80)63-60-57-54-51-46-21-18-15-12-9-6-3)68-86-74(79)62-59-56-53-50-48-45-43-40-38-29-27-25-23-20-17-14-11-8-5-2/h8,11,16-17,19-20,24-27,30-31,33-34,38,40,45,48,70-72,76-77H,4-7,9-10,12-15,18,21-23,28-29,32,35-37,39,41-44,46-47,49-69H2,1-3H3,(H,81,82)(H,83,84)/b11-8-,19-16-,20-17-,26-24-,27-25-,31-30-,34-33-,40-38-,48-45-. The van der Waals surface area contributed by atoms with E-state index in [1.54, 1.807) is 0 Å². The lowest BCUT2D eigenvalue weighted by molar-refractivity contribution is -0.161. The fourth-order valence-electron chi connectivity index (χ4n) is 9.46. The van der Waals surface area contributed by atoms with Crippen molar-refractivity contribution in [2.75, 3.05) is 39.6 Å². The van der Waals surface area contributed by atoms with Gasteiger partial charge in [-0.05, 0) is 109 Å². The number of aliphatic hydroxyl groups excluding tert-OH is 2. The van der Waals surface area contributed by atoms with Crippen LogP contribution in [0.4, 0.5) is 0 Å². The first-order valence-electron chi connectivity index (χ1n) is 36.2. The molecule has 5 atom stereocenters. The number of ether oxygens (including phenoxy) is 3. The maximum atomic E-state index is 12.9. The van der Waals surface area contributed by atoms with E-state index in [9.17, 15) is 43.5 Å². The first-order chi connectivity index (χ1) is 45.2. The number of allylic oxidation sites excluding steroid dienone is 18. The molecule has 536 valence electrons. The molecule has 0 rings (SSSR count). The number of phosphoric ester groups is 2. The van der Waals surface area contributed by atoms with E-state index in [0.717, 1.165) is 122 Å². The smallest absolute Gasteiger partial charge is 0.463 e. The SMILES string of the molecule is CC/C=C\C/C=C\C/C=C\C/C=C\C/C=C\CCCCCC(=O)OCC(COP(=O)(O)OCC(O)COP(=O)(O)OCC(O)COC(=O)CCCCCCCCCCCCC/C=C\C/C=C\C/C=C\C/C=C\CCCCC)OC(=O)CCCCCCCCCCCCC. The number of esters is 3. The second-order valence-electron chi connectivity index (χ2n) is 24.0. The minimum Gasteiger partial charge on any atom is -0.463 e. The van der Waals surface area contributed by atoms with Gasteiger partial charge in [0.2, 0.25) is 0 Å². The Balaban J connectivity index is 4.50. The largest absolute Gasteiger partial charge is 0.472 e. The van der Waals surface area contributed by atoms with Crippen molar-refractivity contribution in [3.63, 3.8) is 0 Å². The Labute approximate surface area is 564 Å². The lowest BCUT2D eigenvalue weighted by atomic mass is 10.0. The van der Waals surface area contributed by atoms with E-state index in [-0.39, 0.29) is 19.3 Å². The summed E-state index contributed by atoms with van der Waals surface area (Å²) in [6.45, 7) is 2.48. The summed E-state index contributed by atoms with van der Waals surface area (Å²) in [5.74, 6) is -1.61. The van der Waals surface area contributed by atoms with Crippen molar-refractivity contribution < 1.29 is 75.8 Å². The molecule has 0 aliphatic carbocycles. The highest BCUT2D eigenvalue weighted by Crippen LogP contribution is 2.45. The molecule has 0 fully saturated rings. The summed E-state index contributed by atoms with van der Waals surface area (Å²) < 4.78 is 60.9. The van der Waals surface area contributed by atoms with Crippen molar-refractivity contribution in [1.82, 2.24) is 0 Å².